The van der Waals surface area contributed by atoms with Gasteiger partial charge < -0.3 is 15.2 Å². The summed E-state index contributed by atoms with van der Waals surface area (Å²) in [7, 11) is 1.18. The van der Waals surface area contributed by atoms with Crippen molar-refractivity contribution in [2.75, 3.05) is 19.4 Å². The second kappa shape index (κ2) is 8.71. The zero-order valence-electron chi connectivity index (χ0n) is 17.9. The van der Waals surface area contributed by atoms with E-state index in [1.165, 1.54) is 36.4 Å². The van der Waals surface area contributed by atoms with Gasteiger partial charge in [-0.05, 0) is 51.3 Å². The maximum atomic E-state index is 14.4. The number of halogens is 1. The molecule has 3 rings (SSSR count). The topological polar surface area (TPSA) is 108 Å². The number of carbonyl (C=O) groups is 2. The van der Waals surface area contributed by atoms with Crippen molar-refractivity contribution in [1.82, 2.24) is 14.9 Å². The van der Waals surface area contributed by atoms with Crippen molar-refractivity contribution in [2.24, 2.45) is 0 Å². The fourth-order valence-corrected chi connectivity index (χ4v) is 3.12. The summed E-state index contributed by atoms with van der Waals surface area (Å²) in [6.07, 6.45) is 4.20. The number of hydrogen-bond acceptors (Lipinski definition) is 7. The van der Waals surface area contributed by atoms with Gasteiger partial charge in [-0.15, -0.1) is 0 Å². The van der Waals surface area contributed by atoms with Crippen LogP contribution < -0.4 is 5.73 Å². The molecule has 0 radical (unpaired) electrons. The van der Waals surface area contributed by atoms with E-state index in [0.29, 0.717) is 24.2 Å². The first-order valence-corrected chi connectivity index (χ1v) is 9.80. The number of allylic oxidation sites excluding steroid dienone is 1. The fourth-order valence-electron chi connectivity index (χ4n) is 3.12. The number of anilines is 1. The van der Waals surface area contributed by atoms with E-state index in [9.17, 15) is 14.0 Å². The van der Waals surface area contributed by atoms with E-state index in [1.54, 1.807) is 6.20 Å². The summed E-state index contributed by atoms with van der Waals surface area (Å²) in [5.74, 6) is -1.40. The molecule has 0 fully saturated rings. The molecule has 0 unspecified atom stereocenters. The van der Waals surface area contributed by atoms with Crippen LogP contribution in [0.5, 0.6) is 0 Å². The molecule has 1 amide bonds. The number of nitrogens with zero attached hydrogens (tertiary/aromatic N) is 3. The second-order valence-electron chi connectivity index (χ2n) is 8.11. The lowest BCUT2D eigenvalue weighted by Gasteiger charge is -2.28. The number of amides is 1. The lowest BCUT2D eigenvalue weighted by Crippen LogP contribution is -2.35. The minimum absolute atomic E-state index is 0.120. The van der Waals surface area contributed by atoms with Gasteiger partial charge in [0, 0.05) is 18.3 Å². The van der Waals surface area contributed by atoms with Crippen molar-refractivity contribution >= 4 is 23.5 Å². The monoisotopic (exact) mass is 428 g/mol. The van der Waals surface area contributed by atoms with Crippen LogP contribution in [0.3, 0.4) is 0 Å². The number of methoxy groups -OCH3 is 1. The molecule has 0 saturated heterocycles. The predicted molar refractivity (Wildman–Crippen MR) is 113 cm³/mol. The average molecular weight is 428 g/mol. The molecule has 1 aromatic carbocycles. The quantitative estimate of drug-likeness (QED) is 0.736. The lowest BCUT2D eigenvalue weighted by molar-refractivity contribution is 0.0329. The van der Waals surface area contributed by atoms with E-state index >= 15 is 0 Å². The molecule has 2 aromatic rings. The van der Waals surface area contributed by atoms with Gasteiger partial charge in [0.05, 0.1) is 24.6 Å². The Labute approximate surface area is 179 Å². The third kappa shape index (κ3) is 5.17. The number of esters is 1. The molecule has 164 valence electrons. The van der Waals surface area contributed by atoms with E-state index < -0.39 is 23.5 Å². The van der Waals surface area contributed by atoms with Gasteiger partial charge in [-0.3, -0.25) is 4.90 Å². The number of rotatable bonds is 3. The Bertz CT molecular complexity index is 1050. The van der Waals surface area contributed by atoms with Crippen LogP contribution in [-0.2, 0) is 9.47 Å². The summed E-state index contributed by atoms with van der Waals surface area (Å²) in [6, 6.07) is 4.01. The third-order valence-corrected chi connectivity index (χ3v) is 4.56. The van der Waals surface area contributed by atoms with Gasteiger partial charge in [-0.2, -0.15) is 0 Å². The minimum atomic E-state index is -0.772. The van der Waals surface area contributed by atoms with Crippen molar-refractivity contribution in [1.29, 1.82) is 0 Å². The summed E-state index contributed by atoms with van der Waals surface area (Å²) >= 11 is 0. The molecule has 2 N–H and O–H groups in total. The van der Waals surface area contributed by atoms with Gasteiger partial charge in [0.15, 0.2) is 0 Å². The Morgan fingerprint density at radius 3 is 2.65 bits per heavy atom. The van der Waals surface area contributed by atoms with E-state index in [2.05, 4.69) is 14.7 Å². The highest BCUT2D eigenvalue weighted by Gasteiger charge is 2.24. The first-order valence-electron chi connectivity index (χ1n) is 9.80. The highest BCUT2D eigenvalue weighted by Crippen LogP contribution is 2.29. The van der Waals surface area contributed by atoms with Crippen molar-refractivity contribution in [3.63, 3.8) is 0 Å². The molecule has 8 nitrogen and oxygen atoms in total. The van der Waals surface area contributed by atoms with Crippen LogP contribution in [0.2, 0.25) is 0 Å². The van der Waals surface area contributed by atoms with Crippen LogP contribution in [-0.4, -0.2) is 46.2 Å². The van der Waals surface area contributed by atoms with E-state index in [0.717, 1.165) is 12.0 Å². The molecule has 1 aromatic heterocycles. The molecular formula is C22H25FN4O4. The highest BCUT2D eigenvalue weighted by atomic mass is 19.1. The molecule has 1 aliphatic rings. The zero-order valence-corrected chi connectivity index (χ0v) is 17.9. The maximum Gasteiger partial charge on any atom is 0.414 e. The lowest BCUT2D eigenvalue weighted by atomic mass is 10.0. The summed E-state index contributed by atoms with van der Waals surface area (Å²) in [5.41, 5.74) is 7.16. The first-order chi connectivity index (χ1) is 14.6. The first kappa shape index (κ1) is 22.2. The Morgan fingerprint density at radius 1 is 1.26 bits per heavy atom. The minimum Gasteiger partial charge on any atom is -0.465 e. The van der Waals surface area contributed by atoms with Crippen molar-refractivity contribution in [3.05, 3.63) is 47.7 Å². The summed E-state index contributed by atoms with van der Waals surface area (Å²) in [6.45, 7) is 5.96. The van der Waals surface area contributed by atoms with Crippen LogP contribution in [0.4, 0.5) is 15.0 Å². The van der Waals surface area contributed by atoms with Crippen LogP contribution in [0.15, 0.2) is 30.6 Å². The number of benzene rings is 1. The van der Waals surface area contributed by atoms with Gasteiger partial charge in [0.2, 0.25) is 0 Å². The van der Waals surface area contributed by atoms with E-state index in [1.807, 2.05) is 20.8 Å². The van der Waals surface area contributed by atoms with Crippen molar-refractivity contribution in [2.45, 2.75) is 39.2 Å². The number of nitrogens with two attached hydrogens (primary N) is 1. The molecule has 0 saturated carbocycles. The predicted octanol–water partition coefficient (Wildman–Crippen LogP) is 4.02. The molecule has 0 bridgehead atoms. The molecular weight excluding hydrogens is 403 g/mol. The number of ether oxygens (including phenoxy) is 2. The van der Waals surface area contributed by atoms with Gasteiger partial charge in [-0.25, -0.2) is 23.9 Å². The Kier molecular flexibility index (Phi) is 6.24. The largest absolute Gasteiger partial charge is 0.465 e. The molecule has 0 aliphatic carbocycles. The number of hydrogen-bond donors (Lipinski definition) is 1. The van der Waals surface area contributed by atoms with Gasteiger partial charge >= 0.3 is 12.1 Å². The Balaban J connectivity index is 1.93. The standard InChI is InChI=1S/C22H25FN4O4/c1-22(2,3)31-21(29)27-9-5-6-14(12-27)17-11-25-19(24)18(26-17)13-7-8-15(16(23)10-13)20(28)30-4/h7-8,10-12H,5-6,9H2,1-4H3,(H2,24,25). The van der Waals surface area contributed by atoms with Crippen LogP contribution in [0, 0.1) is 5.82 Å². The van der Waals surface area contributed by atoms with Crippen molar-refractivity contribution < 1.29 is 23.5 Å². The highest BCUT2D eigenvalue weighted by molar-refractivity contribution is 5.90. The van der Waals surface area contributed by atoms with Crippen LogP contribution in [0.25, 0.3) is 16.8 Å². The van der Waals surface area contributed by atoms with E-state index in [4.69, 9.17) is 10.5 Å². The smallest absolute Gasteiger partial charge is 0.414 e. The van der Waals surface area contributed by atoms with Crippen molar-refractivity contribution in [3.8, 4) is 11.3 Å². The van der Waals surface area contributed by atoms with Gasteiger partial charge in [0.1, 0.15) is 22.9 Å². The summed E-state index contributed by atoms with van der Waals surface area (Å²) in [4.78, 5) is 34.3. The number of carbonyl (C=O) groups excluding carboxylic acids is 2. The second-order valence-corrected chi connectivity index (χ2v) is 8.11. The van der Waals surface area contributed by atoms with Gasteiger partial charge in [-0.1, -0.05) is 6.07 Å². The van der Waals surface area contributed by atoms with Crippen LogP contribution in [0.1, 0.15) is 49.7 Å². The van der Waals surface area contributed by atoms with Crippen LogP contribution >= 0.6 is 0 Å². The number of nitrogen functional groups attached to an aromatic ring is 1. The third-order valence-electron chi connectivity index (χ3n) is 4.56. The molecule has 2 heterocycles. The fraction of sp³-hybridized carbons (Fsp3) is 0.364. The van der Waals surface area contributed by atoms with E-state index in [-0.39, 0.29) is 17.1 Å². The molecule has 0 atom stereocenters. The number of aromatic nitrogens is 2. The molecule has 31 heavy (non-hydrogen) atoms. The zero-order chi connectivity index (χ0) is 22.8. The average Bonchev–Trinajstić information content (AvgIpc) is 2.72. The molecule has 1 aliphatic heterocycles. The molecule has 0 spiro atoms. The normalized spacial score (nSPS) is 14.1. The molecule has 9 heteroatoms. The van der Waals surface area contributed by atoms with Gasteiger partial charge in [0.25, 0.3) is 0 Å². The maximum absolute atomic E-state index is 14.4. The summed E-state index contributed by atoms with van der Waals surface area (Å²) in [5, 5.41) is 0. The Hall–Kier alpha value is -3.49. The summed E-state index contributed by atoms with van der Waals surface area (Å²) < 4.78 is 24.4. The Morgan fingerprint density at radius 2 is 2.00 bits per heavy atom. The SMILES string of the molecule is COC(=O)c1ccc(-c2nc(C3=CN(C(=O)OC(C)(C)C)CCC3)cnc2N)cc1F.